The van der Waals surface area contributed by atoms with Gasteiger partial charge in [0.1, 0.15) is 17.5 Å². The summed E-state index contributed by atoms with van der Waals surface area (Å²) in [6, 6.07) is 8.01. The molecule has 4 nitrogen and oxygen atoms in total. The highest BCUT2D eigenvalue weighted by atomic mass is 19.3. The van der Waals surface area contributed by atoms with Gasteiger partial charge in [-0.15, -0.1) is 0 Å². The summed E-state index contributed by atoms with van der Waals surface area (Å²) in [6.07, 6.45) is 1.53. The number of alkyl halides is 2. The van der Waals surface area contributed by atoms with Crippen LogP contribution in [-0.2, 0) is 0 Å². The minimum atomic E-state index is -2.83. The molecule has 0 aliphatic carbocycles. The number of halogens is 2. The van der Waals surface area contributed by atoms with E-state index < -0.39 is 6.55 Å². The van der Waals surface area contributed by atoms with Gasteiger partial charge < -0.3 is 0 Å². The molecule has 0 aliphatic heterocycles. The first kappa shape index (κ1) is 10.2. The van der Waals surface area contributed by atoms with Crippen LogP contribution in [0.15, 0.2) is 30.5 Å². The van der Waals surface area contributed by atoms with Gasteiger partial charge in [0.15, 0.2) is 0 Å². The summed E-state index contributed by atoms with van der Waals surface area (Å²) in [5.41, 5.74) is 0.534. The van der Waals surface area contributed by atoms with Crippen LogP contribution in [0.3, 0.4) is 0 Å². The minimum absolute atomic E-state index is 0.185. The van der Waals surface area contributed by atoms with E-state index in [0.717, 1.165) is 0 Å². The monoisotopic (exact) mass is 220 g/mol. The summed E-state index contributed by atoms with van der Waals surface area (Å²) in [5, 5.41) is 12.3. The van der Waals surface area contributed by atoms with Crippen molar-refractivity contribution in [3.05, 3.63) is 36.2 Å². The van der Waals surface area contributed by atoms with Gasteiger partial charge >= 0.3 is 6.55 Å². The molecule has 0 saturated carbocycles. The Morgan fingerprint density at radius 1 is 1.31 bits per heavy atom. The molecule has 0 unspecified atom stereocenters. The molecule has 0 radical (unpaired) electrons. The van der Waals surface area contributed by atoms with Gasteiger partial charge in [-0.25, -0.2) is 0 Å². The topological polar surface area (TPSA) is 54.5 Å². The lowest BCUT2D eigenvalue weighted by Crippen LogP contribution is -2.02. The zero-order valence-electron chi connectivity index (χ0n) is 8.01. The number of pyridine rings is 1. The summed E-state index contributed by atoms with van der Waals surface area (Å²) in [5.74, 6) is 0. The molecule has 0 bridgehead atoms. The van der Waals surface area contributed by atoms with E-state index in [2.05, 4.69) is 10.1 Å². The Morgan fingerprint density at radius 2 is 2.12 bits per heavy atom. The van der Waals surface area contributed by atoms with E-state index in [1.54, 1.807) is 24.3 Å². The molecule has 6 heteroatoms. The molecule has 0 N–H and O–H groups in total. The summed E-state index contributed by atoms with van der Waals surface area (Å²) in [4.78, 5) is 3.97. The fraction of sp³-hybridized carbons (Fsp3) is 0.100. The van der Waals surface area contributed by atoms with Gasteiger partial charge in [0.05, 0.1) is 5.69 Å². The first-order valence-electron chi connectivity index (χ1n) is 4.41. The molecule has 0 fully saturated rings. The lowest BCUT2D eigenvalue weighted by atomic mass is 10.2. The smallest absolute Gasteiger partial charge is 0.255 e. The quantitative estimate of drug-likeness (QED) is 0.779. The molecule has 2 heterocycles. The largest absolute Gasteiger partial charge is 0.334 e. The summed E-state index contributed by atoms with van der Waals surface area (Å²) < 4.78 is 25.3. The number of hydrogen-bond acceptors (Lipinski definition) is 3. The van der Waals surface area contributed by atoms with Gasteiger partial charge in [0.25, 0.3) is 0 Å². The molecule has 0 saturated heterocycles. The summed E-state index contributed by atoms with van der Waals surface area (Å²) in [6.45, 7) is -2.83. The summed E-state index contributed by atoms with van der Waals surface area (Å²) in [7, 11) is 0. The second-order valence-electron chi connectivity index (χ2n) is 2.96. The summed E-state index contributed by atoms with van der Waals surface area (Å²) >= 11 is 0. The van der Waals surface area contributed by atoms with Crippen molar-refractivity contribution in [3.63, 3.8) is 0 Å². The van der Waals surface area contributed by atoms with Crippen LogP contribution in [0.4, 0.5) is 8.78 Å². The van der Waals surface area contributed by atoms with Crippen molar-refractivity contribution in [1.29, 1.82) is 5.26 Å². The molecule has 2 rings (SSSR count). The van der Waals surface area contributed by atoms with Crippen LogP contribution in [0.25, 0.3) is 11.4 Å². The molecule has 0 atom stereocenters. The van der Waals surface area contributed by atoms with Gasteiger partial charge in [-0.05, 0) is 12.1 Å². The number of aromatic nitrogens is 3. The van der Waals surface area contributed by atoms with Crippen molar-refractivity contribution in [2.45, 2.75) is 6.55 Å². The second-order valence-corrected chi connectivity index (χ2v) is 2.96. The highest BCUT2D eigenvalue weighted by molar-refractivity contribution is 5.55. The van der Waals surface area contributed by atoms with Crippen molar-refractivity contribution in [2.24, 2.45) is 0 Å². The maximum absolute atomic E-state index is 12.5. The van der Waals surface area contributed by atoms with E-state index in [1.807, 2.05) is 0 Å². The third kappa shape index (κ3) is 1.75. The van der Waals surface area contributed by atoms with Gasteiger partial charge in [0, 0.05) is 12.3 Å². The van der Waals surface area contributed by atoms with Crippen LogP contribution in [0.5, 0.6) is 0 Å². The standard InChI is InChI=1S/C10H6F2N4/c11-10(12)16-7(6-13)5-9(15-16)8-3-1-2-4-14-8/h1-5,10H. The predicted molar refractivity (Wildman–Crippen MR) is 51.4 cm³/mol. The highest BCUT2D eigenvalue weighted by Crippen LogP contribution is 2.20. The maximum Gasteiger partial charge on any atom is 0.334 e. The average molecular weight is 220 g/mol. The van der Waals surface area contributed by atoms with Gasteiger partial charge in [-0.1, -0.05) is 6.07 Å². The molecule has 0 spiro atoms. The van der Waals surface area contributed by atoms with Crippen molar-refractivity contribution in [1.82, 2.24) is 14.8 Å². The molecule has 2 aromatic rings. The first-order valence-corrected chi connectivity index (χ1v) is 4.41. The van der Waals surface area contributed by atoms with E-state index in [9.17, 15) is 8.78 Å². The molecule has 0 amide bonds. The van der Waals surface area contributed by atoms with Crippen molar-refractivity contribution >= 4 is 0 Å². The van der Waals surface area contributed by atoms with Crippen molar-refractivity contribution in [2.75, 3.05) is 0 Å². The SMILES string of the molecule is N#Cc1cc(-c2ccccn2)nn1C(F)F. The van der Waals surface area contributed by atoms with E-state index in [0.29, 0.717) is 10.4 Å². The molecule has 0 aromatic carbocycles. The van der Waals surface area contributed by atoms with Gasteiger partial charge in [0.2, 0.25) is 0 Å². The normalized spacial score (nSPS) is 10.4. The Hall–Kier alpha value is -2.29. The molecule has 16 heavy (non-hydrogen) atoms. The Kier molecular flexibility index (Phi) is 2.60. The zero-order valence-corrected chi connectivity index (χ0v) is 8.01. The fourth-order valence-corrected chi connectivity index (χ4v) is 1.27. The Bertz CT molecular complexity index is 527. The highest BCUT2D eigenvalue weighted by Gasteiger charge is 2.15. The van der Waals surface area contributed by atoms with Crippen LogP contribution < -0.4 is 0 Å². The first-order chi connectivity index (χ1) is 7.72. The number of hydrogen-bond donors (Lipinski definition) is 0. The van der Waals surface area contributed by atoms with Crippen LogP contribution in [0.2, 0.25) is 0 Å². The van der Waals surface area contributed by atoms with E-state index >= 15 is 0 Å². The molecular weight excluding hydrogens is 214 g/mol. The zero-order chi connectivity index (χ0) is 11.5. The molecular formula is C10H6F2N4. The Balaban J connectivity index is 2.49. The Labute approximate surface area is 89.8 Å². The average Bonchev–Trinajstić information content (AvgIpc) is 2.74. The minimum Gasteiger partial charge on any atom is -0.255 e. The molecule has 80 valence electrons. The van der Waals surface area contributed by atoms with Gasteiger partial charge in [-0.3, -0.25) is 4.98 Å². The maximum atomic E-state index is 12.5. The third-order valence-electron chi connectivity index (χ3n) is 1.96. The Morgan fingerprint density at radius 3 is 2.62 bits per heavy atom. The molecule has 0 aliphatic rings. The second kappa shape index (κ2) is 4.06. The van der Waals surface area contributed by atoms with E-state index in [4.69, 9.17) is 5.26 Å². The third-order valence-corrected chi connectivity index (χ3v) is 1.96. The van der Waals surface area contributed by atoms with Crippen molar-refractivity contribution in [3.8, 4) is 17.5 Å². The predicted octanol–water partition coefficient (Wildman–Crippen LogP) is 2.21. The number of nitrogens with zero attached hydrogens (tertiary/aromatic N) is 4. The van der Waals surface area contributed by atoms with Crippen LogP contribution >= 0.6 is 0 Å². The van der Waals surface area contributed by atoms with Crippen LogP contribution in [-0.4, -0.2) is 14.8 Å². The van der Waals surface area contributed by atoms with Crippen molar-refractivity contribution < 1.29 is 8.78 Å². The number of nitriles is 1. The van der Waals surface area contributed by atoms with Crippen LogP contribution in [0, 0.1) is 11.3 Å². The fourth-order valence-electron chi connectivity index (χ4n) is 1.27. The van der Waals surface area contributed by atoms with Gasteiger partial charge in [-0.2, -0.15) is 23.8 Å². The lowest BCUT2D eigenvalue weighted by molar-refractivity contribution is 0.0559. The van der Waals surface area contributed by atoms with E-state index in [-0.39, 0.29) is 11.4 Å². The lowest BCUT2D eigenvalue weighted by Gasteiger charge is -1.98. The molecule has 2 aromatic heterocycles. The number of rotatable bonds is 2. The van der Waals surface area contributed by atoms with E-state index in [1.165, 1.54) is 12.3 Å². The van der Waals surface area contributed by atoms with Crippen LogP contribution in [0.1, 0.15) is 12.2 Å².